The molecular formula is C6H7NO2. The Labute approximate surface area is 52.7 Å². The molecule has 9 heavy (non-hydrogen) atoms. The first-order valence-corrected chi connectivity index (χ1v) is 2.70. The van der Waals surface area contributed by atoms with Gasteiger partial charge >= 0.3 is 5.97 Å². The highest BCUT2D eigenvalue weighted by molar-refractivity contribution is 5.74. The van der Waals surface area contributed by atoms with E-state index >= 15 is 0 Å². The number of carbonyl (C=O) groups is 1. The Morgan fingerprint density at radius 1 is 1.89 bits per heavy atom. The van der Waals surface area contributed by atoms with Crippen LogP contribution in [0.4, 0.5) is 0 Å². The van der Waals surface area contributed by atoms with Gasteiger partial charge in [-0.05, 0) is 5.57 Å². The van der Waals surface area contributed by atoms with E-state index in [0.717, 1.165) is 5.57 Å². The van der Waals surface area contributed by atoms with Crippen molar-refractivity contribution in [3.8, 4) is 0 Å². The fourth-order valence-corrected chi connectivity index (χ4v) is 0.693. The van der Waals surface area contributed by atoms with E-state index in [-0.39, 0.29) is 6.42 Å². The molecule has 3 heteroatoms. The lowest BCUT2D eigenvalue weighted by Gasteiger charge is -1.90. The van der Waals surface area contributed by atoms with E-state index < -0.39 is 5.97 Å². The molecule has 1 rings (SSSR count). The maximum absolute atomic E-state index is 10.1. The van der Waals surface area contributed by atoms with Crippen molar-refractivity contribution in [3.05, 3.63) is 11.8 Å². The molecule has 0 saturated carbocycles. The molecule has 0 fully saturated rings. The van der Waals surface area contributed by atoms with Gasteiger partial charge in [0.1, 0.15) is 0 Å². The summed E-state index contributed by atoms with van der Waals surface area (Å²) in [7, 11) is 0. The van der Waals surface area contributed by atoms with Crippen LogP contribution in [0.25, 0.3) is 0 Å². The van der Waals surface area contributed by atoms with Crippen LogP contribution in [0.15, 0.2) is 16.8 Å². The van der Waals surface area contributed by atoms with Crippen LogP contribution in [-0.2, 0) is 4.79 Å². The van der Waals surface area contributed by atoms with Gasteiger partial charge in [0.2, 0.25) is 0 Å². The van der Waals surface area contributed by atoms with Crippen molar-refractivity contribution in [3.63, 3.8) is 0 Å². The molecule has 3 nitrogen and oxygen atoms in total. The molecule has 0 saturated heterocycles. The van der Waals surface area contributed by atoms with Gasteiger partial charge in [-0.3, -0.25) is 9.79 Å². The van der Waals surface area contributed by atoms with Gasteiger partial charge in [0.05, 0.1) is 6.42 Å². The first-order chi connectivity index (χ1) is 4.29. The van der Waals surface area contributed by atoms with Crippen LogP contribution in [0.1, 0.15) is 12.8 Å². The van der Waals surface area contributed by atoms with Crippen LogP contribution in [-0.4, -0.2) is 17.3 Å². The summed E-state index contributed by atoms with van der Waals surface area (Å²) < 4.78 is 0. The minimum Gasteiger partial charge on any atom is -0.481 e. The fourth-order valence-electron chi connectivity index (χ4n) is 0.693. The summed E-state index contributed by atoms with van der Waals surface area (Å²) in [5.41, 5.74) is 0.877. The van der Waals surface area contributed by atoms with E-state index in [0.29, 0.717) is 6.42 Å². The maximum Gasteiger partial charge on any atom is 0.307 e. The summed E-state index contributed by atoms with van der Waals surface area (Å²) in [6.07, 6.45) is 4.14. The van der Waals surface area contributed by atoms with E-state index in [2.05, 4.69) is 4.99 Å². The van der Waals surface area contributed by atoms with Crippen molar-refractivity contribution in [1.29, 1.82) is 0 Å². The standard InChI is InChI=1S/C6H7NO2/c8-6(9)3-5-1-2-7-4-5/h2,4H,1,3H2,(H,8,9). The van der Waals surface area contributed by atoms with Crippen LogP contribution in [0.2, 0.25) is 0 Å². The number of hydrogen-bond donors (Lipinski definition) is 1. The Morgan fingerprint density at radius 2 is 2.67 bits per heavy atom. The molecule has 0 radical (unpaired) electrons. The van der Waals surface area contributed by atoms with Crippen molar-refractivity contribution >= 4 is 12.2 Å². The molecule has 1 aliphatic rings. The van der Waals surface area contributed by atoms with Crippen LogP contribution >= 0.6 is 0 Å². The molecule has 1 heterocycles. The Bertz CT molecular complexity index is 181. The number of nitrogens with zero attached hydrogens (tertiary/aromatic N) is 1. The van der Waals surface area contributed by atoms with Gasteiger partial charge in [0.15, 0.2) is 0 Å². The highest BCUT2D eigenvalue weighted by Crippen LogP contribution is 2.09. The molecule has 1 N–H and O–H groups in total. The topological polar surface area (TPSA) is 49.7 Å². The summed E-state index contributed by atoms with van der Waals surface area (Å²) in [4.78, 5) is 13.8. The molecule has 0 bridgehead atoms. The zero-order valence-electron chi connectivity index (χ0n) is 4.87. The van der Waals surface area contributed by atoms with E-state index in [1.165, 1.54) is 0 Å². The minimum atomic E-state index is -0.785. The van der Waals surface area contributed by atoms with Gasteiger partial charge in [0.25, 0.3) is 0 Å². The summed E-state index contributed by atoms with van der Waals surface area (Å²) in [6.45, 7) is 0. The summed E-state index contributed by atoms with van der Waals surface area (Å²) in [5.74, 6) is -0.785. The second-order valence-electron chi connectivity index (χ2n) is 1.89. The average molecular weight is 125 g/mol. The zero-order chi connectivity index (χ0) is 6.69. The first-order valence-electron chi connectivity index (χ1n) is 2.70. The highest BCUT2D eigenvalue weighted by atomic mass is 16.4. The van der Waals surface area contributed by atoms with Crippen LogP contribution in [0.5, 0.6) is 0 Å². The van der Waals surface area contributed by atoms with E-state index in [1.807, 2.05) is 0 Å². The number of carboxylic acids is 1. The number of rotatable bonds is 2. The molecule has 0 aromatic carbocycles. The predicted octanol–water partition coefficient (Wildman–Crippen LogP) is 0.820. The second kappa shape index (κ2) is 2.44. The number of aliphatic carboxylic acids is 1. The van der Waals surface area contributed by atoms with Crippen molar-refractivity contribution in [2.75, 3.05) is 0 Å². The SMILES string of the molecule is O=C(O)CC1=CN=CC1. The maximum atomic E-state index is 10.1. The normalized spacial score (nSPS) is 15.8. The molecule has 0 aromatic rings. The van der Waals surface area contributed by atoms with Crippen LogP contribution < -0.4 is 0 Å². The first kappa shape index (κ1) is 6.01. The third-order valence-electron chi connectivity index (χ3n) is 1.09. The van der Waals surface area contributed by atoms with Gasteiger partial charge in [-0.2, -0.15) is 0 Å². The van der Waals surface area contributed by atoms with E-state index in [1.54, 1.807) is 12.4 Å². The number of hydrogen-bond acceptors (Lipinski definition) is 2. The zero-order valence-corrected chi connectivity index (χ0v) is 4.87. The number of carboxylic acid groups (broad SMARTS) is 1. The summed E-state index contributed by atoms with van der Waals surface area (Å²) in [5, 5.41) is 8.28. The summed E-state index contributed by atoms with van der Waals surface area (Å²) in [6, 6.07) is 0. The van der Waals surface area contributed by atoms with Crippen molar-refractivity contribution in [1.82, 2.24) is 0 Å². The van der Waals surface area contributed by atoms with Crippen LogP contribution in [0, 0.1) is 0 Å². The molecule has 0 spiro atoms. The largest absolute Gasteiger partial charge is 0.481 e. The molecule has 0 unspecified atom stereocenters. The lowest BCUT2D eigenvalue weighted by Crippen LogP contribution is -1.95. The van der Waals surface area contributed by atoms with Crippen molar-refractivity contribution in [2.45, 2.75) is 12.8 Å². The second-order valence-corrected chi connectivity index (χ2v) is 1.89. The van der Waals surface area contributed by atoms with Crippen LogP contribution in [0.3, 0.4) is 0 Å². The lowest BCUT2D eigenvalue weighted by atomic mass is 10.2. The third-order valence-corrected chi connectivity index (χ3v) is 1.09. The average Bonchev–Trinajstić information content (AvgIpc) is 2.15. The molecule has 0 amide bonds. The molecule has 1 aliphatic heterocycles. The van der Waals surface area contributed by atoms with Gasteiger partial charge < -0.3 is 5.11 Å². The molecule has 48 valence electrons. The molecule has 0 aliphatic carbocycles. The smallest absolute Gasteiger partial charge is 0.307 e. The molecular weight excluding hydrogens is 118 g/mol. The third kappa shape index (κ3) is 1.68. The fraction of sp³-hybridized carbons (Fsp3) is 0.333. The van der Waals surface area contributed by atoms with Crippen molar-refractivity contribution in [2.24, 2.45) is 4.99 Å². The Hall–Kier alpha value is -1.12. The van der Waals surface area contributed by atoms with E-state index in [9.17, 15) is 4.79 Å². The summed E-state index contributed by atoms with van der Waals surface area (Å²) >= 11 is 0. The Balaban J connectivity index is 2.39. The monoisotopic (exact) mass is 125 g/mol. The highest BCUT2D eigenvalue weighted by Gasteiger charge is 2.04. The van der Waals surface area contributed by atoms with Gasteiger partial charge in [-0.25, -0.2) is 0 Å². The number of aliphatic imine (C=N–C) groups is 1. The quantitative estimate of drug-likeness (QED) is 0.594. The van der Waals surface area contributed by atoms with E-state index in [4.69, 9.17) is 5.11 Å². The Morgan fingerprint density at radius 3 is 3.11 bits per heavy atom. The minimum absolute atomic E-state index is 0.125. The lowest BCUT2D eigenvalue weighted by molar-refractivity contribution is -0.136. The van der Waals surface area contributed by atoms with Gasteiger partial charge in [0, 0.05) is 18.8 Å². The van der Waals surface area contributed by atoms with Gasteiger partial charge in [-0.1, -0.05) is 0 Å². The predicted molar refractivity (Wildman–Crippen MR) is 33.4 cm³/mol. The molecule has 0 aromatic heterocycles. The van der Waals surface area contributed by atoms with Crippen molar-refractivity contribution < 1.29 is 9.90 Å². The molecule has 0 atom stereocenters. The Kier molecular flexibility index (Phi) is 1.63. The van der Waals surface area contributed by atoms with Gasteiger partial charge in [-0.15, -0.1) is 0 Å².